The van der Waals surface area contributed by atoms with Crippen LogP contribution < -0.4 is 5.73 Å². The summed E-state index contributed by atoms with van der Waals surface area (Å²) in [6.07, 6.45) is 7.61. The van der Waals surface area contributed by atoms with Crippen LogP contribution in [0.1, 0.15) is 48.2 Å². The molecule has 1 saturated carbocycles. The number of nitrogens with two attached hydrogens (primary N) is 1. The molecule has 10 heteroatoms. The molecule has 3 aliphatic rings. The minimum atomic E-state index is -0.474. The van der Waals surface area contributed by atoms with Gasteiger partial charge in [-0.3, -0.25) is 14.3 Å². The first-order valence-corrected chi connectivity index (χ1v) is 9.98. The highest BCUT2D eigenvalue weighted by Gasteiger charge is 2.48. The number of aromatic nitrogens is 5. The van der Waals surface area contributed by atoms with E-state index in [2.05, 4.69) is 10.2 Å². The number of aryl methyl sites for hydroxylation is 1. The molecule has 0 radical (unpaired) electrons. The van der Waals surface area contributed by atoms with Gasteiger partial charge in [-0.25, -0.2) is 4.98 Å². The lowest BCUT2D eigenvalue weighted by atomic mass is 9.71. The molecule has 0 aromatic carbocycles. The normalized spacial score (nSPS) is 22.9. The summed E-state index contributed by atoms with van der Waals surface area (Å²) in [5.41, 5.74) is 9.71. The van der Waals surface area contributed by atoms with E-state index < -0.39 is 6.61 Å². The third-order valence-electron chi connectivity index (χ3n) is 6.33. The van der Waals surface area contributed by atoms with Gasteiger partial charge in [-0.15, -0.1) is 0 Å². The standard InChI is InChI=1S/C20H23N7O3/c1-10(29)17-18(11-3-13-5-14(4-11)26(13)16(30)9-28)24-20-15(7-23-27(20)19(17)21)12-6-22-25(2)8-12/h6-8,11,13-14,28H,3-5,9,21H2,1-2H3/t11-,13+,14?/m0/s1. The fourth-order valence-corrected chi connectivity index (χ4v) is 5.04. The minimum absolute atomic E-state index is 0.0133. The second-order valence-electron chi connectivity index (χ2n) is 8.18. The smallest absolute Gasteiger partial charge is 0.248 e. The summed E-state index contributed by atoms with van der Waals surface area (Å²) in [5, 5.41) is 17.8. The number of piperidine rings is 1. The molecule has 10 nitrogen and oxygen atoms in total. The number of fused-ring (bicyclic) bond motifs is 3. The predicted molar refractivity (Wildman–Crippen MR) is 108 cm³/mol. The number of nitrogens with zero attached hydrogens (tertiary/aromatic N) is 6. The Labute approximate surface area is 172 Å². The second-order valence-corrected chi connectivity index (χ2v) is 8.18. The van der Waals surface area contributed by atoms with Crippen molar-refractivity contribution in [2.45, 2.75) is 44.2 Å². The number of rotatable bonds is 4. The maximum absolute atomic E-state index is 12.5. The monoisotopic (exact) mass is 409 g/mol. The van der Waals surface area contributed by atoms with Crippen molar-refractivity contribution in [3.63, 3.8) is 0 Å². The Morgan fingerprint density at radius 1 is 1.20 bits per heavy atom. The molecular formula is C20H23N7O3. The number of Topliss-reactive ketones (excluding diaryl/α,β-unsaturated/α-hetero) is 1. The Hall–Kier alpha value is -3.27. The van der Waals surface area contributed by atoms with E-state index >= 15 is 0 Å². The Kier molecular flexibility index (Phi) is 4.14. The van der Waals surface area contributed by atoms with Gasteiger partial charge in [0, 0.05) is 42.4 Å². The number of hydrogen-bond donors (Lipinski definition) is 2. The first-order chi connectivity index (χ1) is 14.4. The third-order valence-corrected chi connectivity index (χ3v) is 6.33. The number of ketones is 1. The number of carbonyl (C=O) groups excluding carboxylic acids is 2. The summed E-state index contributed by atoms with van der Waals surface area (Å²) in [5.74, 6) is -0.101. The number of aliphatic hydroxyl groups excluding tert-OH is 1. The maximum atomic E-state index is 12.5. The van der Waals surface area contributed by atoms with Gasteiger partial charge in [-0.1, -0.05) is 0 Å². The van der Waals surface area contributed by atoms with Gasteiger partial charge in [-0.05, 0) is 26.2 Å². The first kappa shape index (κ1) is 18.7. The third kappa shape index (κ3) is 2.63. The van der Waals surface area contributed by atoms with Crippen LogP contribution in [0.2, 0.25) is 0 Å². The molecule has 30 heavy (non-hydrogen) atoms. The number of amides is 1. The largest absolute Gasteiger partial charge is 0.387 e. The summed E-state index contributed by atoms with van der Waals surface area (Å²) in [6.45, 7) is 1.01. The van der Waals surface area contributed by atoms with E-state index in [1.807, 2.05) is 13.2 Å². The fourth-order valence-electron chi connectivity index (χ4n) is 5.04. The van der Waals surface area contributed by atoms with Crippen molar-refractivity contribution in [3.05, 3.63) is 29.8 Å². The quantitative estimate of drug-likeness (QED) is 0.608. The fraction of sp³-hybridized carbons (Fsp3) is 0.450. The van der Waals surface area contributed by atoms with Crippen LogP contribution in [0.4, 0.5) is 5.82 Å². The van der Waals surface area contributed by atoms with E-state index in [0.717, 1.165) is 17.5 Å². The zero-order valence-electron chi connectivity index (χ0n) is 16.8. The zero-order chi connectivity index (χ0) is 21.2. The van der Waals surface area contributed by atoms with Crippen LogP contribution in [-0.2, 0) is 11.8 Å². The van der Waals surface area contributed by atoms with Crippen LogP contribution in [-0.4, -0.2) is 64.8 Å². The van der Waals surface area contributed by atoms with Crippen molar-refractivity contribution in [3.8, 4) is 11.1 Å². The summed E-state index contributed by atoms with van der Waals surface area (Å²) in [7, 11) is 1.84. The topological polar surface area (TPSA) is 132 Å². The van der Waals surface area contributed by atoms with Gasteiger partial charge < -0.3 is 15.7 Å². The van der Waals surface area contributed by atoms with Gasteiger partial charge in [-0.2, -0.15) is 14.7 Å². The number of aliphatic hydroxyl groups is 1. The minimum Gasteiger partial charge on any atom is -0.387 e. The van der Waals surface area contributed by atoms with Crippen LogP contribution in [0.25, 0.3) is 16.8 Å². The Morgan fingerprint density at radius 2 is 1.93 bits per heavy atom. The van der Waals surface area contributed by atoms with Crippen molar-refractivity contribution in [1.29, 1.82) is 0 Å². The molecule has 1 amide bonds. The zero-order valence-corrected chi connectivity index (χ0v) is 16.8. The first-order valence-electron chi connectivity index (χ1n) is 9.98. The van der Waals surface area contributed by atoms with Gasteiger partial charge >= 0.3 is 0 Å². The number of anilines is 1. The average Bonchev–Trinajstić information content (AvgIpc) is 3.33. The Balaban J connectivity index is 1.60. The molecule has 3 N–H and O–H groups in total. The molecule has 3 fully saturated rings. The van der Waals surface area contributed by atoms with Crippen molar-refractivity contribution >= 4 is 23.2 Å². The number of carbonyl (C=O) groups is 2. The molecule has 3 atom stereocenters. The lowest BCUT2D eigenvalue weighted by Crippen LogP contribution is -2.63. The predicted octanol–water partition coefficient (Wildman–Crippen LogP) is 0.754. The van der Waals surface area contributed by atoms with Crippen LogP contribution in [0, 0.1) is 0 Å². The van der Waals surface area contributed by atoms with Gasteiger partial charge in [0.15, 0.2) is 11.4 Å². The van der Waals surface area contributed by atoms with Crippen LogP contribution >= 0.6 is 0 Å². The molecule has 6 rings (SSSR count). The summed E-state index contributed by atoms with van der Waals surface area (Å²) < 4.78 is 3.21. The highest BCUT2D eigenvalue weighted by molar-refractivity contribution is 6.00. The molecule has 5 heterocycles. The van der Waals surface area contributed by atoms with Crippen molar-refractivity contribution in [2.75, 3.05) is 12.3 Å². The van der Waals surface area contributed by atoms with Crippen molar-refractivity contribution in [2.24, 2.45) is 7.05 Å². The van der Waals surface area contributed by atoms with Crippen molar-refractivity contribution in [1.82, 2.24) is 29.3 Å². The Morgan fingerprint density at radius 3 is 2.53 bits per heavy atom. The summed E-state index contributed by atoms with van der Waals surface area (Å²) >= 11 is 0. The highest BCUT2D eigenvalue weighted by atomic mass is 16.3. The molecule has 1 unspecified atom stereocenters. The molecule has 2 aliphatic heterocycles. The van der Waals surface area contributed by atoms with Gasteiger partial charge in [0.05, 0.1) is 23.7 Å². The molecule has 156 valence electrons. The van der Waals surface area contributed by atoms with E-state index in [1.165, 1.54) is 11.4 Å². The number of hydrogen-bond acceptors (Lipinski definition) is 7. The number of nitrogen functional groups attached to an aromatic ring is 1. The van der Waals surface area contributed by atoms with E-state index in [4.69, 9.17) is 10.7 Å². The van der Waals surface area contributed by atoms with Crippen LogP contribution in [0.5, 0.6) is 0 Å². The maximum Gasteiger partial charge on any atom is 0.248 e. The van der Waals surface area contributed by atoms with E-state index in [-0.39, 0.29) is 35.5 Å². The van der Waals surface area contributed by atoms with Crippen molar-refractivity contribution < 1.29 is 14.7 Å². The summed E-state index contributed by atoms with van der Waals surface area (Å²) in [6, 6.07) is 0.130. The lowest BCUT2D eigenvalue weighted by molar-refractivity contribution is -0.153. The highest BCUT2D eigenvalue weighted by Crippen LogP contribution is 2.46. The molecule has 3 aromatic rings. The van der Waals surface area contributed by atoms with Crippen LogP contribution in [0.15, 0.2) is 18.6 Å². The Bertz CT molecular complexity index is 1170. The van der Waals surface area contributed by atoms with E-state index in [0.29, 0.717) is 29.7 Å². The molecule has 2 bridgehead atoms. The van der Waals surface area contributed by atoms with E-state index in [1.54, 1.807) is 22.0 Å². The molecular weight excluding hydrogens is 386 g/mol. The molecule has 3 aromatic heterocycles. The van der Waals surface area contributed by atoms with Gasteiger partial charge in [0.2, 0.25) is 5.91 Å². The second kappa shape index (κ2) is 6.63. The SMILES string of the molecule is CC(=O)c1c([C@@H]2CC3C[C@@H](C2)N3C(=O)CO)nc2c(-c3cnn(C)c3)cnn2c1N. The molecule has 0 spiro atoms. The molecule has 2 saturated heterocycles. The van der Waals surface area contributed by atoms with Gasteiger partial charge in [0.1, 0.15) is 12.4 Å². The lowest BCUT2D eigenvalue weighted by Gasteiger charge is -2.55. The average molecular weight is 409 g/mol. The summed E-state index contributed by atoms with van der Waals surface area (Å²) in [4.78, 5) is 31.1. The van der Waals surface area contributed by atoms with E-state index in [9.17, 15) is 14.7 Å². The van der Waals surface area contributed by atoms with Crippen LogP contribution in [0.3, 0.4) is 0 Å². The van der Waals surface area contributed by atoms with Gasteiger partial charge in [0.25, 0.3) is 0 Å². The molecule has 1 aliphatic carbocycles.